The first kappa shape index (κ1) is 17.4. The van der Waals surface area contributed by atoms with Crippen molar-refractivity contribution in [1.29, 1.82) is 0 Å². The Kier molecular flexibility index (Phi) is 5.38. The standard InChI is InChI=1S/C16H21ClN4O2/c1-10(2)21(9-15(22)20(3)4)8-14-18-13-6-5-11(17)7-12(13)16(23)19-14/h5-7,10H,8-9H2,1-4H3,(H,18,19,23). The Bertz CT molecular complexity index is 770. The molecule has 0 aliphatic carbocycles. The molecule has 0 unspecified atom stereocenters. The number of benzene rings is 1. The fourth-order valence-electron chi connectivity index (χ4n) is 2.16. The molecule has 1 amide bonds. The van der Waals surface area contributed by atoms with Gasteiger partial charge in [-0.15, -0.1) is 0 Å². The van der Waals surface area contributed by atoms with Crippen molar-refractivity contribution in [3.8, 4) is 0 Å². The molecule has 0 radical (unpaired) electrons. The Hall–Kier alpha value is -1.92. The van der Waals surface area contributed by atoms with Crippen LogP contribution in [-0.2, 0) is 11.3 Å². The first-order valence-corrected chi connectivity index (χ1v) is 7.78. The third-order valence-corrected chi connectivity index (χ3v) is 3.87. The maximum absolute atomic E-state index is 12.2. The van der Waals surface area contributed by atoms with Gasteiger partial charge in [-0.2, -0.15) is 0 Å². The topological polar surface area (TPSA) is 69.3 Å². The van der Waals surface area contributed by atoms with Crippen LogP contribution >= 0.6 is 11.6 Å². The molecule has 0 bridgehead atoms. The van der Waals surface area contributed by atoms with E-state index in [1.807, 2.05) is 18.7 Å². The van der Waals surface area contributed by atoms with Crippen molar-refractivity contribution >= 4 is 28.4 Å². The minimum absolute atomic E-state index is 0.00798. The molecule has 124 valence electrons. The summed E-state index contributed by atoms with van der Waals surface area (Å²) in [5.41, 5.74) is 0.367. The highest BCUT2D eigenvalue weighted by Crippen LogP contribution is 2.15. The summed E-state index contributed by atoms with van der Waals surface area (Å²) in [7, 11) is 3.45. The van der Waals surface area contributed by atoms with Crippen molar-refractivity contribution in [2.75, 3.05) is 20.6 Å². The van der Waals surface area contributed by atoms with Crippen LogP contribution in [0.2, 0.25) is 5.02 Å². The summed E-state index contributed by atoms with van der Waals surface area (Å²) >= 11 is 5.91. The normalized spacial score (nSPS) is 11.4. The van der Waals surface area contributed by atoms with E-state index in [0.29, 0.717) is 28.3 Å². The summed E-state index contributed by atoms with van der Waals surface area (Å²) in [5, 5.41) is 0.958. The number of halogens is 1. The van der Waals surface area contributed by atoms with Crippen molar-refractivity contribution < 1.29 is 4.79 Å². The number of rotatable bonds is 5. The molecule has 1 aromatic heterocycles. The van der Waals surface area contributed by atoms with E-state index in [-0.39, 0.29) is 24.1 Å². The van der Waals surface area contributed by atoms with Gasteiger partial charge >= 0.3 is 0 Å². The number of aromatic amines is 1. The van der Waals surface area contributed by atoms with E-state index in [0.717, 1.165) is 0 Å². The van der Waals surface area contributed by atoms with Crippen LogP contribution in [0.3, 0.4) is 0 Å². The summed E-state index contributed by atoms with van der Waals surface area (Å²) in [6.45, 7) is 4.67. The van der Waals surface area contributed by atoms with E-state index < -0.39 is 0 Å². The maximum atomic E-state index is 12.2. The average molecular weight is 337 g/mol. The Morgan fingerprint density at radius 2 is 2.04 bits per heavy atom. The molecule has 2 aromatic rings. The molecule has 2 rings (SSSR count). The zero-order valence-corrected chi connectivity index (χ0v) is 14.5. The minimum atomic E-state index is -0.227. The van der Waals surface area contributed by atoms with Crippen LogP contribution in [-0.4, -0.2) is 52.4 Å². The van der Waals surface area contributed by atoms with Gasteiger partial charge < -0.3 is 9.88 Å². The summed E-state index contributed by atoms with van der Waals surface area (Å²) in [5.74, 6) is 0.540. The highest BCUT2D eigenvalue weighted by molar-refractivity contribution is 6.31. The summed E-state index contributed by atoms with van der Waals surface area (Å²) in [6.07, 6.45) is 0. The van der Waals surface area contributed by atoms with Gasteiger partial charge in [0.2, 0.25) is 5.91 Å². The van der Waals surface area contributed by atoms with Crippen LogP contribution in [0.1, 0.15) is 19.7 Å². The molecular weight excluding hydrogens is 316 g/mol. The smallest absolute Gasteiger partial charge is 0.258 e. The van der Waals surface area contributed by atoms with Crippen molar-refractivity contribution in [3.05, 3.63) is 39.4 Å². The van der Waals surface area contributed by atoms with E-state index in [1.54, 1.807) is 37.2 Å². The van der Waals surface area contributed by atoms with E-state index in [1.165, 1.54) is 0 Å². The number of nitrogens with one attached hydrogen (secondary N) is 1. The van der Waals surface area contributed by atoms with Crippen LogP contribution in [0.15, 0.2) is 23.0 Å². The number of fused-ring (bicyclic) bond motifs is 1. The molecule has 0 atom stereocenters. The summed E-state index contributed by atoms with van der Waals surface area (Å²) in [4.78, 5) is 34.9. The first-order chi connectivity index (χ1) is 10.8. The van der Waals surface area contributed by atoms with Gasteiger partial charge in [0.25, 0.3) is 5.56 Å². The number of likely N-dealkylation sites (N-methyl/N-ethyl adjacent to an activating group) is 1. The number of carbonyl (C=O) groups excluding carboxylic acids is 1. The number of H-pyrrole nitrogens is 1. The monoisotopic (exact) mass is 336 g/mol. The van der Waals surface area contributed by atoms with E-state index in [2.05, 4.69) is 9.97 Å². The van der Waals surface area contributed by atoms with Gasteiger partial charge in [-0.05, 0) is 32.0 Å². The second-order valence-electron chi connectivity index (χ2n) is 5.96. The average Bonchev–Trinajstić information content (AvgIpc) is 2.47. The van der Waals surface area contributed by atoms with Crippen LogP contribution in [0.5, 0.6) is 0 Å². The molecular formula is C16H21ClN4O2. The lowest BCUT2D eigenvalue weighted by molar-refractivity contribution is -0.130. The van der Waals surface area contributed by atoms with Crippen molar-refractivity contribution in [2.24, 2.45) is 0 Å². The Labute approximate surface area is 140 Å². The highest BCUT2D eigenvalue weighted by Gasteiger charge is 2.17. The summed E-state index contributed by atoms with van der Waals surface area (Å²) in [6, 6.07) is 5.17. The lowest BCUT2D eigenvalue weighted by atomic mass is 10.2. The zero-order valence-electron chi connectivity index (χ0n) is 13.8. The largest absolute Gasteiger partial charge is 0.348 e. The molecule has 6 nitrogen and oxygen atoms in total. The SMILES string of the molecule is CC(C)N(CC(=O)N(C)C)Cc1nc2ccc(Cl)cc2c(=O)[nH]1. The van der Waals surface area contributed by atoms with E-state index in [4.69, 9.17) is 11.6 Å². The third-order valence-electron chi connectivity index (χ3n) is 3.64. The third kappa shape index (κ3) is 4.30. The number of nitrogens with zero attached hydrogens (tertiary/aromatic N) is 3. The molecule has 0 fully saturated rings. The number of hydrogen-bond acceptors (Lipinski definition) is 4. The van der Waals surface area contributed by atoms with Crippen molar-refractivity contribution in [1.82, 2.24) is 19.8 Å². The van der Waals surface area contributed by atoms with Gasteiger partial charge in [0.05, 0.1) is 24.0 Å². The van der Waals surface area contributed by atoms with Gasteiger partial charge in [0.15, 0.2) is 0 Å². The quantitative estimate of drug-likeness (QED) is 0.905. The molecule has 0 saturated carbocycles. The second-order valence-corrected chi connectivity index (χ2v) is 6.40. The Balaban J connectivity index is 2.30. The minimum Gasteiger partial charge on any atom is -0.348 e. The second kappa shape index (κ2) is 7.10. The number of hydrogen-bond donors (Lipinski definition) is 1. The van der Waals surface area contributed by atoms with E-state index >= 15 is 0 Å². The summed E-state index contributed by atoms with van der Waals surface area (Å²) < 4.78 is 0. The predicted octanol–water partition coefficient (Wildman–Crippen LogP) is 1.88. The molecule has 0 spiro atoms. The molecule has 23 heavy (non-hydrogen) atoms. The zero-order chi connectivity index (χ0) is 17.1. The van der Waals surface area contributed by atoms with Crippen molar-refractivity contribution in [3.63, 3.8) is 0 Å². The molecule has 0 aliphatic rings. The number of amides is 1. The van der Waals surface area contributed by atoms with Crippen LogP contribution in [0.25, 0.3) is 10.9 Å². The van der Waals surface area contributed by atoms with Gasteiger partial charge in [-0.1, -0.05) is 11.6 Å². The predicted molar refractivity (Wildman–Crippen MR) is 91.6 cm³/mol. The lowest BCUT2D eigenvalue weighted by Gasteiger charge is -2.26. The highest BCUT2D eigenvalue weighted by atomic mass is 35.5. The van der Waals surface area contributed by atoms with Crippen LogP contribution in [0.4, 0.5) is 0 Å². The lowest BCUT2D eigenvalue weighted by Crippen LogP contribution is -2.40. The van der Waals surface area contributed by atoms with Crippen LogP contribution < -0.4 is 5.56 Å². The fourth-order valence-corrected chi connectivity index (χ4v) is 2.33. The van der Waals surface area contributed by atoms with Gasteiger partial charge in [-0.25, -0.2) is 4.98 Å². The van der Waals surface area contributed by atoms with E-state index in [9.17, 15) is 9.59 Å². The van der Waals surface area contributed by atoms with Crippen LogP contribution in [0, 0.1) is 0 Å². The Morgan fingerprint density at radius 1 is 1.35 bits per heavy atom. The number of aromatic nitrogens is 2. The first-order valence-electron chi connectivity index (χ1n) is 7.40. The molecule has 1 N–H and O–H groups in total. The van der Waals surface area contributed by atoms with Crippen molar-refractivity contribution in [2.45, 2.75) is 26.4 Å². The maximum Gasteiger partial charge on any atom is 0.258 e. The molecule has 1 aromatic carbocycles. The Morgan fingerprint density at radius 3 is 2.65 bits per heavy atom. The van der Waals surface area contributed by atoms with Gasteiger partial charge in [-0.3, -0.25) is 14.5 Å². The number of carbonyl (C=O) groups is 1. The van der Waals surface area contributed by atoms with Gasteiger partial charge in [0.1, 0.15) is 5.82 Å². The molecule has 7 heteroatoms. The molecule has 0 saturated heterocycles. The fraction of sp³-hybridized carbons (Fsp3) is 0.438. The van der Waals surface area contributed by atoms with Gasteiger partial charge in [0, 0.05) is 25.2 Å². The molecule has 1 heterocycles. The molecule has 0 aliphatic heterocycles.